The van der Waals surface area contributed by atoms with E-state index in [0.29, 0.717) is 0 Å². The molecule has 0 radical (unpaired) electrons. The van der Waals surface area contributed by atoms with Crippen LogP contribution < -0.4 is 4.90 Å². The number of anilines is 3. The van der Waals surface area contributed by atoms with E-state index < -0.39 is 0 Å². The minimum Gasteiger partial charge on any atom is -0.456 e. The maximum absolute atomic E-state index is 6.27. The third-order valence-corrected chi connectivity index (χ3v) is 12.1. The molecule has 2 nitrogen and oxygen atoms in total. The Balaban J connectivity index is 1.16. The summed E-state index contributed by atoms with van der Waals surface area (Å²) in [4.78, 5) is 2.47. The van der Waals surface area contributed by atoms with Gasteiger partial charge in [-0.2, -0.15) is 0 Å². The summed E-state index contributed by atoms with van der Waals surface area (Å²) < 4.78 is 8.82. The van der Waals surface area contributed by atoms with Gasteiger partial charge in [-0.25, -0.2) is 0 Å². The largest absolute Gasteiger partial charge is 0.456 e. The van der Waals surface area contributed by atoms with Gasteiger partial charge in [0.25, 0.3) is 0 Å². The van der Waals surface area contributed by atoms with E-state index >= 15 is 0 Å². The number of furan rings is 1. The normalized spacial score (nSPS) is 11.6. The van der Waals surface area contributed by atoms with Crippen LogP contribution in [-0.2, 0) is 0 Å². The molecule has 3 heteroatoms. The fourth-order valence-corrected chi connectivity index (χ4v) is 9.64. The molecule has 0 amide bonds. The van der Waals surface area contributed by atoms with Gasteiger partial charge < -0.3 is 9.32 Å². The van der Waals surface area contributed by atoms with Gasteiger partial charge in [0.15, 0.2) is 0 Å². The van der Waals surface area contributed by atoms with Gasteiger partial charge in [0.2, 0.25) is 0 Å². The topological polar surface area (TPSA) is 16.4 Å². The van der Waals surface area contributed by atoms with E-state index in [1.807, 2.05) is 23.5 Å². The van der Waals surface area contributed by atoms with Crippen LogP contribution in [0.1, 0.15) is 0 Å². The molecule has 2 aromatic heterocycles. The van der Waals surface area contributed by atoms with Crippen molar-refractivity contribution in [1.82, 2.24) is 0 Å². The minimum atomic E-state index is 0.903. The molecule has 11 aromatic rings. The second kappa shape index (κ2) is 12.9. The molecule has 0 unspecified atom stereocenters. The molecule has 0 atom stereocenters. The maximum atomic E-state index is 6.27. The van der Waals surface area contributed by atoms with Crippen molar-refractivity contribution in [3.8, 4) is 33.4 Å². The van der Waals surface area contributed by atoms with E-state index in [4.69, 9.17) is 4.42 Å². The van der Waals surface area contributed by atoms with E-state index in [0.717, 1.165) is 50.1 Å². The van der Waals surface area contributed by atoms with Crippen molar-refractivity contribution in [3.63, 3.8) is 0 Å². The van der Waals surface area contributed by atoms with Crippen molar-refractivity contribution in [2.24, 2.45) is 0 Å². The summed E-state index contributed by atoms with van der Waals surface area (Å²) >= 11 is 1.87. The van der Waals surface area contributed by atoms with Gasteiger partial charge in [-0.3, -0.25) is 0 Å². The smallest absolute Gasteiger partial charge is 0.136 e. The first-order valence-electron chi connectivity index (χ1n) is 18.7. The lowest BCUT2D eigenvalue weighted by Crippen LogP contribution is -2.11. The van der Waals surface area contributed by atoms with Crippen molar-refractivity contribution in [3.05, 3.63) is 200 Å². The van der Waals surface area contributed by atoms with Crippen molar-refractivity contribution in [2.75, 3.05) is 4.90 Å². The predicted octanol–water partition coefficient (Wildman–Crippen LogP) is 15.6. The summed E-state index contributed by atoms with van der Waals surface area (Å²) in [6.07, 6.45) is 0. The van der Waals surface area contributed by atoms with Gasteiger partial charge in [0.05, 0.1) is 16.1 Å². The number of hydrogen-bond donors (Lipinski definition) is 0. The Kier molecular flexibility index (Phi) is 7.39. The highest BCUT2D eigenvalue weighted by atomic mass is 32.1. The van der Waals surface area contributed by atoms with E-state index in [9.17, 15) is 0 Å². The third-order valence-electron chi connectivity index (χ3n) is 10.9. The molecule has 0 spiro atoms. The molecule has 0 fully saturated rings. The zero-order valence-corrected chi connectivity index (χ0v) is 30.6. The average Bonchev–Trinajstić information content (AvgIpc) is 3.84. The first-order valence-corrected chi connectivity index (χ1v) is 19.5. The second-order valence-corrected chi connectivity index (χ2v) is 15.1. The van der Waals surface area contributed by atoms with Crippen molar-refractivity contribution < 1.29 is 4.42 Å². The molecule has 0 bridgehead atoms. The summed E-state index contributed by atoms with van der Waals surface area (Å²) in [6, 6.07) is 72.2. The van der Waals surface area contributed by atoms with Gasteiger partial charge in [-0.1, -0.05) is 158 Å². The fourth-order valence-electron chi connectivity index (χ4n) is 8.41. The molecule has 55 heavy (non-hydrogen) atoms. The van der Waals surface area contributed by atoms with E-state index in [-0.39, 0.29) is 0 Å². The van der Waals surface area contributed by atoms with Gasteiger partial charge in [-0.15, -0.1) is 11.3 Å². The molecule has 0 aliphatic rings. The van der Waals surface area contributed by atoms with Crippen LogP contribution in [0.15, 0.2) is 205 Å². The number of fused-ring (bicyclic) bond motifs is 7. The number of hydrogen-bond acceptors (Lipinski definition) is 3. The standard InChI is InChI=1S/C52H33NOS/c1-3-14-34(15-4-1)38-30-32-45(42-19-8-7-18-41(38)42)53(37-28-26-36(27-29-37)39-22-13-24-48-50(39)43-20-9-11-23-47(43)54-48)46-33-31-40(35-16-5-2-6-17-35)51-44-21-10-12-25-49(44)55-52(46)51/h1-33H. The van der Waals surface area contributed by atoms with Crippen LogP contribution in [0.25, 0.3) is 86.3 Å². The van der Waals surface area contributed by atoms with Gasteiger partial charge in [-0.05, 0) is 81.2 Å². The first-order chi connectivity index (χ1) is 27.3. The quantitative estimate of drug-likeness (QED) is 0.170. The molecule has 9 aromatic carbocycles. The number of para-hydroxylation sites is 1. The Morgan fingerprint density at radius 1 is 0.345 bits per heavy atom. The molecular weight excluding hydrogens is 687 g/mol. The predicted molar refractivity (Wildman–Crippen MR) is 235 cm³/mol. The first kappa shape index (κ1) is 31.6. The molecule has 0 saturated carbocycles. The molecule has 2 heterocycles. The highest BCUT2D eigenvalue weighted by molar-refractivity contribution is 7.26. The monoisotopic (exact) mass is 719 g/mol. The zero-order valence-electron chi connectivity index (χ0n) is 29.8. The Morgan fingerprint density at radius 3 is 1.69 bits per heavy atom. The SMILES string of the molecule is c1ccc(-c2ccc(N(c3ccc(-c4cccc5oc6ccccc6c45)cc3)c3ccc(-c4ccccc4)c4c3sc3ccccc34)c3ccccc23)cc1. The Hall–Kier alpha value is -6.94. The number of thiophene rings is 1. The van der Waals surface area contributed by atoms with Crippen LogP contribution in [-0.4, -0.2) is 0 Å². The Bertz CT molecular complexity index is 3190. The Morgan fingerprint density at radius 2 is 0.909 bits per heavy atom. The van der Waals surface area contributed by atoms with Crippen molar-refractivity contribution in [2.45, 2.75) is 0 Å². The fraction of sp³-hybridized carbons (Fsp3) is 0. The van der Waals surface area contributed by atoms with Crippen molar-refractivity contribution in [1.29, 1.82) is 0 Å². The van der Waals surface area contributed by atoms with Crippen LogP contribution in [0.4, 0.5) is 17.1 Å². The average molecular weight is 720 g/mol. The lowest BCUT2D eigenvalue weighted by Gasteiger charge is -2.28. The van der Waals surface area contributed by atoms with Gasteiger partial charge in [0, 0.05) is 37.3 Å². The molecule has 258 valence electrons. The highest BCUT2D eigenvalue weighted by Gasteiger charge is 2.23. The minimum absolute atomic E-state index is 0.903. The zero-order chi connectivity index (χ0) is 36.3. The van der Waals surface area contributed by atoms with Crippen LogP contribution in [0, 0.1) is 0 Å². The summed E-state index contributed by atoms with van der Waals surface area (Å²) in [6.45, 7) is 0. The van der Waals surface area contributed by atoms with E-state index in [2.05, 4.69) is 193 Å². The van der Waals surface area contributed by atoms with Crippen LogP contribution in [0.3, 0.4) is 0 Å². The number of benzene rings is 9. The molecule has 0 saturated heterocycles. The second-order valence-electron chi connectivity index (χ2n) is 14.0. The molecule has 0 N–H and O–H groups in total. The molecular formula is C52H33NOS. The van der Waals surface area contributed by atoms with E-state index in [1.165, 1.54) is 53.2 Å². The Labute approximate surface area is 322 Å². The highest BCUT2D eigenvalue weighted by Crippen LogP contribution is 2.50. The summed E-state index contributed by atoms with van der Waals surface area (Å²) in [5.74, 6) is 0. The van der Waals surface area contributed by atoms with Crippen LogP contribution >= 0.6 is 11.3 Å². The third kappa shape index (κ3) is 5.16. The molecule has 0 aliphatic heterocycles. The van der Waals surface area contributed by atoms with Crippen LogP contribution in [0.5, 0.6) is 0 Å². The number of rotatable bonds is 6. The van der Waals surface area contributed by atoms with Gasteiger partial charge in [0.1, 0.15) is 11.2 Å². The molecule has 11 rings (SSSR count). The van der Waals surface area contributed by atoms with Gasteiger partial charge >= 0.3 is 0 Å². The summed E-state index contributed by atoms with van der Waals surface area (Å²) in [5, 5.41) is 7.27. The summed E-state index contributed by atoms with van der Waals surface area (Å²) in [5.41, 5.74) is 12.4. The maximum Gasteiger partial charge on any atom is 0.136 e. The lowest BCUT2D eigenvalue weighted by molar-refractivity contribution is 0.669. The molecule has 0 aliphatic carbocycles. The number of nitrogens with zero attached hydrogens (tertiary/aromatic N) is 1. The van der Waals surface area contributed by atoms with Crippen molar-refractivity contribution >= 4 is 81.3 Å². The summed E-state index contributed by atoms with van der Waals surface area (Å²) in [7, 11) is 0. The van der Waals surface area contributed by atoms with Crippen LogP contribution in [0.2, 0.25) is 0 Å². The lowest BCUT2D eigenvalue weighted by atomic mass is 9.95. The van der Waals surface area contributed by atoms with E-state index in [1.54, 1.807) is 0 Å².